The zero-order chi connectivity index (χ0) is 20.3. The highest BCUT2D eigenvalue weighted by molar-refractivity contribution is 7.88. The van der Waals surface area contributed by atoms with Gasteiger partial charge in [-0.15, -0.1) is 0 Å². The van der Waals surface area contributed by atoms with Crippen molar-refractivity contribution in [1.29, 1.82) is 0 Å². The van der Waals surface area contributed by atoms with Crippen LogP contribution < -0.4 is 5.32 Å². The molecular formula is C21H25ClN2O3S. The Labute approximate surface area is 171 Å². The van der Waals surface area contributed by atoms with Gasteiger partial charge in [-0.05, 0) is 55.5 Å². The molecule has 1 heterocycles. The molecule has 2 aromatic rings. The average molecular weight is 421 g/mol. The van der Waals surface area contributed by atoms with Gasteiger partial charge in [-0.3, -0.25) is 4.79 Å². The van der Waals surface area contributed by atoms with Gasteiger partial charge in [0, 0.05) is 23.8 Å². The Morgan fingerprint density at radius 2 is 1.93 bits per heavy atom. The minimum absolute atomic E-state index is 0.0403. The van der Waals surface area contributed by atoms with E-state index in [4.69, 9.17) is 11.6 Å². The molecule has 1 aliphatic heterocycles. The van der Waals surface area contributed by atoms with Gasteiger partial charge < -0.3 is 5.32 Å². The molecule has 0 bridgehead atoms. The quantitative estimate of drug-likeness (QED) is 0.790. The van der Waals surface area contributed by atoms with Crippen LogP contribution in [0.1, 0.15) is 29.5 Å². The fourth-order valence-corrected chi connectivity index (χ4v) is 5.32. The van der Waals surface area contributed by atoms with Crippen molar-refractivity contribution in [3.63, 3.8) is 0 Å². The van der Waals surface area contributed by atoms with E-state index in [2.05, 4.69) is 5.32 Å². The highest BCUT2D eigenvalue weighted by atomic mass is 35.5. The number of hydrogen-bond acceptors (Lipinski definition) is 3. The smallest absolute Gasteiger partial charge is 0.228 e. The van der Waals surface area contributed by atoms with Crippen LogP contribution in [0.3, 0.4) is 0 Å². The van der Waals surface area contributed by atoms with E-state index in [0.717, 1.165) is 16.7 Å². The second kappa shape index (κ2) is 8.64. The van der Waals surface area contributed by atoms with E-state index in [1.54, 1.807) is 12.1 Å². The minimum Gasteiger partial charge on any atom is -0.326 e. The number of piperidine rings is 1. The van der Waals surface area contributed by atoms with Gasteiger partial charge in [0.05, 0.1) is 11.7 Å². The molecule has 2 aromatic carbocycles. The lowest BCUT2D eigenvalue weighted by Gasteiger charge is -2.31. The summed E-state index contributed by atoms with van der Waals surface area (Å²) in [5.41, 5.74) is 3.33. The maximum atomic E-state index is 12.9. The Balaban J connectivity index is 1.70. The summed E-state index contributed by atoms with van der Waals surface area (Å²) in [5.74, 6) is -0.582. The number of nitrogens with zero attached hydrogens (tertiary/aromatic N) is 1. The average Bonchev–Trinajstić information content (AvgIpc) is 2.66. The number of carbonyl (C=O) groups excluding carboxylic acids is 1. The van der Waals surface area contributed by atoms with Crippen LogP contribution in [0.25, 0.3) is 0 Å². The second-order valence-corrected chi connectivity index (χ2v) is 9.73. The van der Waals surface area contributed by atoms with Gasteiger partial charge in [0.2, 0.25) is 15.9 Å². The van der Waals surface area contributed by atoms with E-state index in [9.17, 15) is 13.2 Å². The molecule has 0 aromatic heterocycles. The Morgan fingerprint density at radius 1 is 1.18 bits per heavy atom. The summed E-state index contributed by atoms with van der Waals surface area (Å²) in [5, 5.41) is 3.45. The van der Waals surface area contributed by atoms with E-state index in [0.29, 0.717) is 30.1 Å². The molecule has 1 N–H and O–H groups in total. The number of sulfonamides is 1. The van der Waals surface area contributed by atoms with Crippen molar-refractivity contribution in [3.8, 4) is 0 Å². The highest BCUT2D eigenvalue weighted by Crippen LogP contribution is 2.25. The van der Waals surface area contributed by atoms with Gasteiger partial charge in [-0.2, -0.15) is 0 Å². The molecule has 150 valence electrons. The summed E-state index contributed by atoms with van der Waals surface area (Å²) in [6.45, 7) is 4.46. The lowest BCUT2D eigenvalue weighted by molar-refractivity contribution is -0.120. The Bertz CT molecular complexity index is 975. The molecule has 0 unspecified atom stereocenters. The van der Waals surface area contributed by atoms with Crippen molar-refractivity contribution < 1.29 is 13.2 Å². The summed E-state index contributed by atoms with van der Waals surface area (Å²) in [4.78, 5) is 12.7. The number of anilines is 1. The van der Waals surface area contributed by atoms with Gasteiger partial charge in [0.1, 0.15) is 0 Å². The van der Waals surface area contributed by atoms with E-state index < -0.39 is 10.0 Å². The first-order valence-electron chi connectivity index (χ1n) is 9.35. The third-order valence-corrected chi connectivity index (χ3v) is 7.23. The minimum atomic E-state index is -3.48. The number of rotatable bonds is 5. The van der Waals surface area contributed by atoms with Crippen molar-refractivity contribution in [2.24, 2.45) is 5.92 Å². The van der Waals surface area contributed by atoms with E-state index in [1.807, 2.05) is 44.2 Å². The molecule has 28 heavy (non-hydrogen) atoms. The SMILES string of the molecule is Cc1ccccc1CS(=O)(=O)N1CCC[C@@H](C(=O)Nc2cc(Cl)ccc2C)C1. The zero-order valence-corrected chi connectivity index (χ0v) is 17.7. The summed E-state index contributed by atoms with van der Waals surface area (Å²) >= 11 is 6.02. The van der Waals surface area contributed by atoms with Crippen LogP contribution in [0.5, 0.6) is 0 Å². The zero-order valence-electron chi connectivity index (χ0n) is 16.1. The van der Waals surface area contributed by atoms with Crippen LogP contribution in [0, 0.1) is 19.8 Å². The predicted molar refractivity (Wildman–Crippen MR) is 113 cm³/mol. The lowest BCUT2D eigenvalue weighted by Crippen LogP contribution is -2.44. The predicted octanol–water partition coefficient (Wildman–Crippen LogP) is 4.14. The van der Waals surface area contributed by atoms with Crippen LogP contribution in [0.4, 0.5) is 5.69 Å². The number of carbonyl (C=O) groups is 1. The Morgan fingerprint density at radius 3 is 2.68 bits per heavy atom. The third-order valence-electron chi connectivity index (χ3n) is 5.20. The van der Waals surface area contributed by atoms with Crippen LogP contribution in [-0.4, -0.2) is 31.7 Å². The van der Waals surface area contributed by atoms with Crippen LogP contribution in [0.15, 0.2) is 42.5 Å². The van der Waals surface area contributed by atoms with Gasteiger partial charge in [0.15, 0.2) is 0 Å². The van der Waals surface area contributed by atoms with Gasteiger partial charge in [0.25, 0.3) is 0 Å². The summed E-state index contributed by atoms with van der Waals surface area (Å²) < 4.78 is 27.3. The molecule has 0 spiro atoms. The van der Waals surface area contributed by atoms with Crippen molar-refractivity contribution in [2.45, 2.75) is 32.4 Å². The first-order chi connectivity index (χ1) is 13.3. The highest BCUT2D eigenvalue weighted by Gasteiger charge is 2.32. The molecule has 1 amide bonds. The molecule has 1 fully saturated rings. The fourth-order valence-electron chi connectivity index (χ4n) is 3.43. The lowest BCUT2D eigenvalue weighted by atomic mass is 9.98. The number of nitrogens with one attached hydrogen (secondary N) is 1. The van der Waals surface area contributed by atoms with E-state index >= 15 is 0 Å². The Kier molecular flexibility index (Phi) is 6.43. The maximum absolute atomic E-state index is 12.9. The molecule has 1 atom stereocenters. The summed E-state index contributed by atoms with van der Waals surface area (Å²) in [7, 11) is -3.48. The topological polar surface area (TPSA) is 66.5 Å². The molecule has 0 saturated carbocycles. The third kappa shape index (κ3) is 4.93. The van der Waals surface area contributed by atoms with E-state index in [1.165, 1.54) is 4.31 Å². The standard InChI is InChI=1S/C21H25ClN2O3S/c1-15-6-3-4-7-18(15)14-28(26,27)24-11-5-8-17(13-24)21(25)23-20-12-19(22)10-9-16(20)2/h3-4,6-7,9-10,12,17H,5,8,11,13-14H2,1-2H3,(H,23,25)/t17-/m1/s1. The molecule has 5 nitrogen and oxygen atoms in total. The molecule has 1 saturated heterocycles. The number of halogens is 1. The number of benzene rings is 2. The first-order valence-corrected chi connectivity index (χ1v) is 11.3. The fraction of sp³-hybridized carbons (Fsp3) is 0.381. The monoisotopic (exact) mass is 420 g/mol. The normalized spacial score (nSPS) is 18.0. The van der Waals surface area contributed by atoms with Crippen LogP contribution in [-0.2, 0) is 20.6 Å². The van der Waals surface area contributed by atoms with Crippen LogP contribution in [0.2, 0.25) is 5.02 Å². The molecule has 1 aliphatic rings. The number of hydrogen-bond donors (Lipinski definition) is 1. The molecular weight excluding hydrogens is 396 g/mol. The van der Waals surface area contributed by atoms with Crippen LogP contribution >= 0.6 is 11.6 Å². The van der Waals surface area contributed by atoms with Crippen molar-refractivity contribution in [1.82, 2.24) is 4.31 Å². The summed E-state index contributed by atoms with van der Waals surface area (Å²) in [6, 6.07) is 12.8. The molecule has 0 radical (unpaired) electrons. The van der Waals surface area contributed by atoms with Crippen molar-refractivity contribution >= 4 is 33.2 Å². The molecule has 3 rings (SSSR count). The number of aryl methyl sites for hydroxylation is 2. The van der Waals surface area contributed by atoms with E-state index in [-0.39, 0.29) is 24.1 Å². The maximum Gasteiger partial charge on any atom is 0.228 e. The largest absolute Gasteiger partial charge is 0.326 e. The number of amides is 1. The Hall–Kier alpha value is -1.89. The van der Waals surface area contributed by atoms with Gasteiger partial charge in [-0.25, -0.2) is 12.7 Å². The molecule has 0 aliphatic carbocycles. The molecule has 7 heteroatoms. The first kappa shape index (κ1) is 20.8. The van der Waals surface area contributed by atoms with Crippen molar-refractivity contribution in [2.75, 3.05) is 18.4 Å². The summed E-state index contributed by atoms with van der Waals surface area (Å²) in [6.07, 6.45) is 1.33. The van der Waals surface area contributed by atoms with Crippen molar-refractivity contribution in [3.05, 3.63) is 64.2 Å². The van der Waals surface area contributed by atoms with Gasteiger partial charge in [-0.1, -0.05) is 41.9 Å². The second-order valence-electron chi connectivity index (χ2n) is 7.33. The van der Waals surface area contributed by atoms with Gasteiger partial charge >= 0.3 is 0 Å².